The number of thioether (sulfide) groups is 1. The minimum absolute atomic E-state index is 0.224. The van der Waals surface area contributed by atoms with Gasteiger partial charge in [0.1, 0.15) is 5.82 Å². The Balaban J connectivity index is 2.11. The van der Waals surface area contributed by atoms with E-state index in [0.717, 1.165) is 10.7 Å². The Morgan fingerprint density at radius 3 is 3.00 bits per heavy atom. The van der Waals surface area contributed by atoms with E-state index < -0.39 is 0 Å². The smallest absolute Gasteiger partial charge is 0.167 e. The molecule has 1 aromatic carbocycles. The summed E-state index contributed by atoms with van der Waals surface area (Å²) in [4.78, 5) is 4.20. The fourth-order valence-electron chi connectivity index (χ4n) is 1.29. The standard InChI is InChI=1S/C11H10BrFN2S/c1-15-6-5-14-11(15)16-7-8-3-2-4-9(13)10(8)12/h2-6H,7H2,1H3. The lowest BCUT2D eigenvalue weighted by Crippen LogP contribution is -1.91. The lowest BCUT2D eigenvalue weighted by Gasteiger charge is -2.05. The molecule has 0 bridgehead atoms. The fraction of sp³-hybridized carbons (Fsp3) is 0.182. The van der Waals surface area contributed by atoms with Crippen molar-refractivity contribution in [3.8, 4) is 0 Å². The van der Waals surface area contributed by atoms with E-state index in [9.17, 15) is 4.39 Å². The van der Waals surface area contributed by atoms with Crippen LogP contribution in [-0.4, -0.2) is 9.55 Å². The Hall–Kier alpha value is -0.810. The molecule has 16 heavy (non-hydrogen) atoms. The van der Waals surface area contributed by atoms with Gasteiger partial charge < -0.3 is 4.57 Å². The van der Waals surface area contributed by atoms with E-state index in [2.05, 4.69) is 20.9 Å². The van der Waals surface area contributed by atoms with Crippen molar-refractivity contribution in [2.24, 2.45) is 7.05 Å². The molecule has 0 aliphatic rings. The molecule has 0 unspecified atom stereocenters. The summed E-state index contributed by atoms with van der Waals surface area (Å²) < 4.78 is 15.7. The topological polar surface area (TPSA) is 17.8 Å². The Bertz CT molecular complexity index is 498. The van der Waals surface area contributed by atoms with Crippen molar-refractivity contribution in [2.75, 3.05) is 0 Å². The van der Waals surface area contributed by atoms with Crippen LogP contribution in [0.2, 0.25) is 0 Å². The quantitative estimate of drug-likeness (QED) is 0.806. The molecular weight excluding hydrogens is 291 g/mol. The first-order chi connectivity index (χ1) is 7.68. The maximum Gasteiger partial charge on any atom is 0.167 e. The molecule has 0 aliphatic heterocycles. The van der Waals surface area contributed by atoms with Crippen molar-refractivity contribution < 1.29 is 4.39 Å². The molecule has 2 rings (SSSR count). The first kappa shape index (κ1) is 11.7. The number of imidazole rings is 1. The summed E-state index contributed by atoms with van der Waals surface area (Å²) in [7, 11) is 1.94. The zero-order valence-corrected chi connectivity index (χ0v) is 11.1. The minimum atomic E-state index is -0.224. The summed E-state index contributed by atoms with van der Waals surface area (Å²) in [5, 5.41) is 0.927. The Morgan fingerprint density at radius 2 is 2.31 bits per heavy atom. The third-order valence-corrected chi connectivity index (χ3v) is 4.16. The normalized spacial score (nSPS) is 10.7. The monoisotopic (exact) mass is 300 g/mol. The van der Waals surface area contributed by atoms with E-state index in [1.54, 1.807) is 24.0 Å². The summed E-state index contributed by atoms with van der Waals surface area (Å²) in [5.41, 5.74) is 0.938. The summed E-state index contributed by atoms with van der Waals surface area (Å²) in [6.07, 6.45) is 3.64. The Kier molecular flexibility index (Phi) is 3.66. The molecule has 0 saturated carbocycles. The van der Waals surface area contributed by atoms with Gasteiger partial charge in [0.15, 0.2) is 5.16 Å². The number of nitrogens with zero attached hydrogens (tertiary/aromatic N) is 2. The molecule has 1 heterocycles. The van der Waals surface area contributed by atoms with Crippen molar-refractivity contribution >= 4 is 27.7 Å². The van der Waals surface area contributed by atoms with Crippen LogP contribution < -0.4 is 0 Å². The summed E-state index contributed by atoms with van der Waals surface area (Å²) in [6, 6.07) is 5.07. The molecule has 1 aromatic heterocycles. The van der Waals surface area contributed by atoms with Crippen molar-refractivity contribution in [1.82, 2.24) is 9.55 Å². The molecule has 0 spiro atoms. The van der Waals surface area contributed by atoms with Crippen LogP contribution in [0, 0.1) is 5.82 Å². The SMILES string of the molecule is Cn1ccnc1SCc1cccc(F)c1Br. The first-order valence-electron chi connectivity index (χ1n) is 4.71. The Morgan fingerprint density at radius 1 is 1.50 bits per heavy atom. The summed E-state index contributed by atoms with van der Waals surface area (Å²) in [6.45, 7) is 0. The number of hydrogen-bond acceptors (Lipinski definition) is 2. The second-order valence-electron chi connectivity index (χ2n) is 3.32. The first-order valence-corrected chi connectivity index (χ1v) is 6.49. The molecule has 2 nitrogen and oxygen atoms in total. The lowest BCUT2D eigenvalue weighted by molar-refractivity contribution is 0.619. The second-order valence-corrected chi connectivity index (χ2v) is 5.06. The van der Waals surface area contributed by atoms with Gasteiger partial charge in [-0.1, -0.05) is 23.9 Å². The molecule has 0 atom stereocenters. The average molecular weight is 301 g/mol. The van der Waals surface area contributed by atoms with E-state index >= 15 is 0 Å². The Labute approximate surface area is 106 Å². The van der Waals surface area contributed by atoms with Crippen LogP contribution in [0.3, 0.4) is 0 Å². The van der Waals surface area contributed by atoms with Gasteiger partial charge in [0.2, 0.25) is 0 Å². The van der Waals surface area contributed by atoms with Crippen molar-refractivity contribution in [1.29, 1.82) is 0 Å². The van der Waals surface area contributed by atoms with E-state index in [4.69, 9.17) is 0 Å². The van der Waals surface area contributed by atoms with Crippen LogP contribution in [0.4, 0.5) is 4.39 Å². The van der Waals surface area contributed by atoms with Crippen LogP contribution in [0.15, 0.2) is 40.2 Å². The summed E-state index contributed by atoms with van der Waals surface area (Å²) >= 11 is 4.83. The highest BCUT2D eigenvalue weighted by atomic mass is 79.9. The zero-order chi connectivity index (χ0) is 11.5. The maximum absolute atomic E-state index is 13.2. The largest absolute Gasteiger partial charge is 0.329 e. The lowest BCUT2D eigenvalue weighted by atomic mass is 10.2. The molecule has 2 aromatic rings. The van der Waals surface area contributed by atoms with Gasteiger partial charge >= 0.3 is 0 Å². The molecule has 0 fully saturated rings. The molecule has 0 aliphatic carbocycles. The molecule has 0 N–H and O–H groups in total. The van der Waals surface area contributed by atoms with Gasteiger partial charge in [0.05, 0.1) is 4.47 Å². The van der Waals surface area contributed by atoms with Gasteiger partial charge in [-0.3, -0.25) is 0 Å². The van der Waals surface area contributed by atoms with E-state index in [0.29, 0.717) is 10.2 Å². The number of aromatic nitrogens is 2. The number of aryl methyl sites for hydroxylation is 1. The van der Waals surface area contributed by atoms with Crippen molar-refractivity contribution in [3.05, 3.63) is 46.4 Å². The predicted octanol–water partition coefficient (Wildman–Crippen LogP) is 3.61. The van der Waals surface area contributed by atoms with Crippen LogP contribution in [0.25, 0.3) is 0 Å². The number of rotatable bonds is 3. The van der Waals surface area contributed by atoms with E-state index in [1.807, 2.05) is 23.9 Å². The second kappa shape index (κ2) is 5.01. The van der Waals surface area contributed by atoms with Crippen LogP contribution in [0.5, 0.6) is 0 Å². The predicted molar refractivity (Wildman–Crippen MR) is 66.9 cm³/mol. The highest BCUT2D eigenvalue weighted by molar-refractivity contribution is 9.10. The molecule has 0 saturated heterocycles. The van der Waals surface area contributed by atoms with Crippen LogP contribution >= 0.6 is 27.7 Å². The fourth-order valence-corrected chi connectivity index (χ4v) is 2.81. The van der Waals surface area contributed by atoms with Gasteiger partial charge in [-0.25, -0.2) is 9.37 Å². The van der Waals surface area contributed by atoms with Gasteiger partial charge in [-0.15, -0.1) is 0 Å². The van der Waals surface area contributed by atoms with Gasteiger partial charge in [-0.2, -0.15) is 0 Å². The van der Waals surface area contributed by atoms with Crippen molar-refractivity contribution in [2.45, 2.75) is 10.9 Å². The molecule has 0 amide bonds. The number of benzene rings is 1. The third-order valence-electron chi connectivity index (χ3n) is 2.17. The molecular formula is C11H10BrFN2S. The number of halogens is 2. The van der Waals surface area contributed by atoms with Crippen LogP contribution in [-0.2, 0) is 12.8 Å². The van der Waals surface area contributed by atoms with E-state index in [1.165, 1.54) is 6.07 Å². The maximum atomic E-state index is 13.2. The minimum Gasteiger partial charge on any atom is -0.329 e. The highest BCUT2D eigenvalue weighted by Crippen LogP contribution is 2.27. The third kappa shape index (κ3) is 2.47. The molecule has 5 heteroatoms. The van der Waals surface area contributed by atoms with Gasteiger partial charge in [0, 0.05) is 25.2 Å². The average Bonchev–Trinajstić information content (AvgIpc) is 2.67. The molecule has 0 radical (unpaired) electrons. The molecule has 84 valence electrons. The van der Waals surface area contributed by atoms with E-state index in [-0.39, 0.29) is 5.82 Å². The highest BCUT2D eigenvalue weighted by Gasteiger charge is 2.07. The number of hydrogen-bond donors (Lipinski definition) is 0. The zero-order valence-electron chi connectivity index (χ0n) is 8.65. The van der Waals surface area contributed by atoms with Crippen LogP contribution in [0.1, 0.15) is 5.56 Å². The summed E-state index contributed by atoms with van der Waals surface area (Å²) in [5.74, 6) is 0.473. The van der Waals surface area contributed by atoms with Gasteiger partial charge in [-0.05, 0) is 27.6 Å². The van der Waals surface area contributed by atoms with Crippen molar-refractivity contribution in [3.63, 3.8) is 0 Å². The van der Waals surface area contributed by atoms with Gasteiger partial charge in [0.25, 0.3) is 0 Å².